The van der Waals surface area contributed by atoms with E-state index in [0.29, 0.717) is 18.7 Å². The molecule has 29 heavy (non-hydrogen) atoms. The van der Waals surface area contributed by atoms with Crippen LogP contribution in [0.15, 0.2) is 29.4 Å². The van der Waals surface area contributed by atoms with E-state index >= 15 is 0 Å². The first kappa shape index (κ1) is 21.4. The summed E-state index contributed by atoms with van der Waals surface area (Å²) < 4.78 is 62.7. The predicted octanol–water partition coefficient (Wildman–Crippen LogP) is 3.24. The second kappa shape index (κ2) is 7.85. The number of amides is 1. The van der Waals surface area contributed by atoms with E-state index in [-0.39, 0.29) is 29.1 Å². The van der Waals surface area contributed by atoms with Crippen LogP contribution in [0, 0.1) is 5.41 Å². The molecule has 1 aliphatic carbocycles. The van der Waals surface area contributed by atoms with Crippen molar-refractivity contribution in [3.05, 3.63) is 29.8 Å². The number of anilines is 1. The SMILES string of the molecule is CO/N=C1/C(=O)N(Cc2ccccc2NS(=O)(=O)C(F)(F)F)CCC12CCCC2. The highest BCUT2D eigenvalue weighted by Gasteiger charge is 2.48. The van der Waals surface area contributed by atoms with E-state index in [0.717, 1.165) is 25.7 Å². The van der Waals surface area contributed by atoms with Gasteiger partial charge in [0.15, 0.2) is 5.71 Å². The highest BCUT2D eigenvalue weighted by atomic mass is 32.2. The Morgan fingerprint density at radius 2 is 1.86 bits per heavy atom. The molecule has 1 saturated carbocycles. The van der Waals surface area contributed by atoms with E-state index < -0.39 is 15.5 Å². The molecule has 0 aromatic heterocycles. The number of para-hydroxylation sites is 1. The molecule has 1 aromatic rings. The highest BCUT2D eigenvalue weighted by molar-refractivity contribution is 7.93. The second-order valence-electron chi connectivity index (χ2n) is 7.29. The van der Waals surface area contributed by atoms with Crippen LogP contribution in [0.1, 0.15) is 37.7 Å². The summed E-state index contributed by atoms with van der Waals surface area (Å²) in [5.41, 5.74) is -5.39. The molecule has 2 aliphatic rings. The molecule has 1 aliphatic heterocycles. The van der Waals surface area contributed by atoms with Crippen LogP contribution in [0.3, 0.4) is 0 Å². The van der Waals surface area contributed by atoms with Crippen molar-refractivity contribution in [2.45, 2.75) is 44.2 Å². The van der Waals surface area contributed by atoms with Gasteiger partial charge in [-0.3, -0.25) is 9.52 Å². The first-order valence-corrected chi connectivity index (χ1v) is 10.7. The quantitative estimate of drug-likeness (QED) is 0.722. The lowest BCUT2D eigenvalue weighted by atomic mass is 9.75. The largest absolute Gasteiger partial charge is 0.516 e. The number of halogens is 3. The second-order valence-corrected chi connectivity index (χ2v) is 8.97. The fraction of sp³-hybridized carbons (Fsp3) is 0.556. The summed E-state index contributed by atoms with van der Waals surface area (Å²) in [4.78, 5) is 19.4. The lowest BCUT2D eigenvalue weighted by molar-refractivity contribution is -0.127. The Morgan fingerprint density at radius 3 is 2.48 bits per heavy atom. The summed E-state index contributed by atoms with van der Waals surface area (Å²) >= 11 is 0. The monoisotopic (exact) mass is 433 g/mol. The zero-order valence-corrected chi connectivity index (χ0v) is 16.6. The van der Waals surface area contributed by atoms with Crippen LogP contribution in [0.25, 0.3) is 0 Å². The number of benzene rings is 1. The average Bonchev–Trinajstić information content (AvgIpc) is 3.11. The Hall–Kier alpha value is -2.30. The Bertz CT molecular complexity index is 909. The number of piperidine rings is 1. The number of sulfonamides is 1. The molecule has 1 saturated heterocycles. The van der Waals surface area contributed by atoms with Gasteiger partial charge in [0.2, 0.25) is 0 Å². The maximum absolute atomic E-state index is 13.0. The molecule has 3 rings (SSSR count). The molecule has 1 spiro atoms. The van der Waals surface area contributed by atoms with E-state index in [1.54, 1.807) is 10.8 Å². The van der Waals surface area contributed by atoms with E-state index in [2.05, 4.69) is 5.16 Å². The molecule has 11 heteroatoms. The van der Waals surface area contributed by atoms with Crippen molar-refractivity contribution in [3.8, 4) is 0 Å². The van der Waals surface area contributed by atoms with Gasteiger partial charge in [-0.15, -0.1) is 0 Å². The van der Waals surface area contributed by atoms with E-state index in [9.17, 15) is 26.4 Å². The van der Waals surface area contributed by atoms with Crippen LogP contribution < -0.4 is 4.72 Å². The normalized spacial score (nSPS) is 21.0. The lowest BCUT2D eigenvalue weighted by Crippen LogP contribution is -2.51. The third-order valence-electron chi connectivity index (χ3n) is 5.52. The average molecular weight is 433 g/mol. The smallest absolute Gasteiger partial charge is 0.399 e. The molecule has 160 valence electrons. The molecule has 1 heterocycles. The van der Waals surface area contributed by atoms with Crippen molar-refractivity contribution >= 4 is 27.3 Å². The minimum Gasteiger partial charge on any atom is -0.399 e. The number of likely N-dealkylation sites (tertiary alicyclic amines) is 1. The fourth-order valence-corrected chi connectivity index (χ4v) is 4.63. The van der Waals surface area contributed by atoms with Gasteiger partial charge in [0.1, 0.15) is 7.11 Å². The number of carbonyl (C=O) groups is 1. The van der Waals surface area contributed by atoms with Crippen molar-refractivity contribution in [2.24, 2.45) is 10.6 Å². The van der Waals surface area contributed by atoms with E-state index in [1.807, 2.05) is 0 Å². The number of oxime groups is 1. The summed E-state index contributed by atoms with van der Waals surface area (Å²) in [5, 5.41) is 3.97. The third kappa shape index (κ3) is 4.19. The zero-order chi connectivity index (χ0) is 21.3. The highest BCUT2D eigenvalue weighted by Crippen LogP contribution is 2.45. The number of hydrogen-bond acceptors (Lipinski definition) is 5. The molecular weight excluding hydrogens is 411 g/mol. The van der Waals surface area contributed by atoms with Crippen molar-refractivity contribution in [1.29, 1.82) is 0 Å². The number of carbonyl (C=O) groups excluding carboxylic acids is 1. The minimum atomic E-state index is -5.56. The third-order valence-corrected chi connectivity index (χ3v) is 6.62. The van der Waals surface area contributed by atoms with Gasteiger partial charge in [0, 0.05) is 18.5 Å². The molecule has 0 unspecified atom stereocenters. The summed E-state index contributed by atoms with van der Waals surface area (Å²) in [6.07, 6.45) is 4.36. The van der Waals surface area contributed by atoms with Crippen LogP contribution in [0.4, 0.5) is 18.9 Å². The van der Waals surface area contributed by atoms with Crippen molar-refractivity contribution in [2.75, 3.05) is 18.4 Å². The summed E-state index contributed by atoms with van der Waals surface area (Å²) in [5.74, 6) is -0.339. The standard InChI is InChI=1S/C18H22F3N3O4S/c1-28-22-15-16(25)24(11-10-17(15)8-4-5-9-17)12-13-6-2-3-7-14(13)23-29(26,27)18(19,20)21/h2-3,6-7,23H,4-5,8-12H2,1H3/b22-15-. The molecule has 1 amide bonds. The molecule has 0 bridgehead atoms. The summed E-state index contributed by atoms with van der Waals surface area (Å²) in [6, 6.07) is 5.70. The van der Waals surface area contributed by atoms with Gasteiger partial charge in [-0.2, -0.15) is 21.6 Å². The summed E-state index contributed by atoms with van der Waals surface area (Å²) in [7, 11) is -4.20. The Labute approximate surface area is 166 Å². The first-order chi connectivity index (χ1) is 13.6. The molecule has 1 N–H and O–H groups in total. The number of rotatable bonds is 5. The molecular formula is C18H22F3N3O4S. The van der Waals surface area contributed by atoms with Crippen LogP contribution in [-0.2, 0) is 26.2 Å². The Kier molecular flexibility index (Phi) is 5.79. The number of nitrogens with zero attached hydrogens (tertiary/aromatic N) is 2. The van der Waals surface area contributed by atoms with E-state index in [4.69, 9.17) is 4.84 Å². The van der Waals surface area contributed by atoms with E-state index in [1.165, 1.54) is 30.2 Å². The maximum Gasteiger partial charge on any atom is 0.516 e. The maximum atomic E-state index is 13.0. The van der Waals surface area contributed by atoms with Gasteiger partial charge in [0.05, 0.1) is 5.69 Å². The van der Waals surface area contributed by atoms with Crippen LogP contribution in [0.2, 0.25) is 0 Å². The number of alkyl halides is 3. The minimum absolute atomic E-state index is 0.0474. The summed E-state index contributed by atoms with van der Waals surface area (Å²) in [6.45, 7) is 0.357. The zero-order valence-electron chi connectivity index (χ0n) is 15.8. The molecule has 2 fully saturated rings. The lowest BCUT2D eigenvalue weighted by Gasteiger charge is -2.39. The Balaban J connectivity index is 1.84. The predicted molar refractivity (Wildman–Crippen MR) is 100 cm³/mol. The van der Waals surface area contributed by atoms with Gasteiger partial charge in [0.25, 0.3) is 5.91 Å². The van der Waals surface area contributed by atoms with Gasteiger partial charge in [-0.05, 0) is 30.9 Å². The molecule has 7 nitrogen and oxygen atoms in total. The number of nitrogens with one attached hydrogen (secondary N) is 1. The van der Waals surface area contributed by atoms with Crippen LogP contribution in [0.5, 0.6) is 0 Å². The first-order valence-electron chi connectivity index (χ1n) is 9.17. The number of hydrogen-bond donors (Lipinski definition) is 1. The fourth-order valence-electron chi connectivity index (χ4n) is 4.03. The topological polar surface area (TPSA) is 88.1 Å². The van der Waals surface area contributed by atoms with Crippen LogP contribution >= 0.6 is 0 Å². The van der Waals surface area contributed by atoms with Gasteiger partial charge < -0.3 is 9.74 Å². The molecule has 0 atom stereocenters. The van der Waals surface area contributed by atoms with Gasteiger partial charge in [-0.25, -0.2) is 0 Å². The van der Waals surface area contributed by atoms with Crippen molar-refractivity contribution in [3.63, 3.8) is 0 Å². The Morgan fingerprint density at radius 1 is 1.21 bits per heavy atom. The van der Waals surface area contributed by atoms with Crippen molar-refractivity contribution < 1.29 is 31.2 Å². The van der Waals surface area contributed by atoms with Gasteiger partial charge >= 0.3 is 15.5 Å². The van der Waals surface area contributed by atoms with Crippen LogP contribution in [-0.4, -0.2) is 44.1 Å². The molecule has 1 aromatic carbocycles. The van der Waals surface area contributed by atoms with Crippen molar-refractivity contribution in [1.82, 2.24) is 4.90 Å². The van der Waals surface area contributed by atoms with Gasteiger partial charge in [-0.1, -0.05) is 36.2 Å². The molecule has 0 radical (unpaired) electrons.